The van der Waals surface area contributed by atoms with Crippen molar-refractivity contribution in [1.82, 2.24) is 15.5 Å². The summed E-state index contributed by atoms with van der Waals surface area (Å²) in [6.07, 6.45) is 0.200. The van der Waals surface area contributed by atoms with Crippen LogP contribution >= 0.6 is 15.9 Å². The molecule has 2 amide bonds. The molecule has 2 aromatic carbocycles. The van der Waals surface area contributed by atoms with Crippen LogP contribution in [-0.2, 0) is 16.1 Å². The zero-order chi connectivity index (χ0) is 18.1. The van der Waals surface area contributed by atoms with Crippen LogP contribution in [0.15, 0.2) is 53.0 Å². The van der Waals surface area contributed by atoms with Gasteiger partial charge in [-0.2, -0.15) is 5.10 Å². The second kappa shape index (κ2) is 6.92. The van der Waals surface area contributed by atoms with Gasteiger partial charge in [-0.1, -0.05) is 46.3 Å². The van der Waals surface area contributed by atoms with Gasteiger partial charge in [0.25, 0.3) is 0 Å². The maximum Gasteiger partial charge on any atom is 0.229 e. The minimum absolute atomic E-state index is 0.0822. The standard InChI is InChI=1S/C19H17BrN4O2/c20-14-6-7-15-16(9-14)22-23-18(15)24-11-13(8-17(24)25)19(26)21-10-12-4-2-1-3-5-12/h1-7,9,13H,8,10-11H2,(H,21,26)(H,22,23)/t13-/m1/s1. The molecule has 0 aliphatic carbocycles. The van der Waals surface area contributed by atoms with Gasteiger partial charge in [-0.05, 0) is 23.8 Å². The molecule has 26 heavy (non-hydrogen) atoms. The van der Waals surface area contributed by atoms with Crippen LogP contribution in [0.4, 0.5) is 5.82 Å². The van der Waals surface area contributed by atoms with Crippen LogP contribution in [0.1, 0.15) is 12.0 Å². The Bertz CT molecular complexity index is 970. The van der Waals surface area contributed by atoms with E-state index in [2.05, 4.69) is 31.4 Å². The van der Waals surface area contributed by atoms with Crippen LogP contribution in [0.25, 0.3) is 10.9 Å². The summed E-state index contributed by atoms with van der Waals surface area (Å²) >= 11 is 3.42. The molecule has 0 unspecified atom stereocenters. The first-order valence-corrected chi connectivity index (χ1v) is 9.17. The highest BCUT2D eigenvalue weighted by atomic mass is 79.9. The lowest BCUT2D eigenvalue weighted by Crippen LogP contribution is -2.32. The Hall–Kier alpha value is -2.67. The number of anilines is 1. The lowest BCUT2D eigenvalue weighted by atomic mass is 10.1. The van der Waals surface area contributed by atoms with E-state index in [0.29, 0.717) is 18.9 Å². The molecular formula is C19H17BrN4O2. The van der Waals surface area contributed by atoms with E-state index in [1.165, 1.54) is 0 Å². The Kier molecular flexibility index (Phi) is 4.46. The number of carbonyl (C=O) groups is 2. The van der Waals surface area contributed by atoms with Gasteiger partial charge in [0.1, 0.15) is 0 Å². The number of hydrogen-bond acceptors (Lipinski definition) is 3. The van der Waals surface area contributed by atoms with Crippen molar-refractivity contribution in [2.45, 2.75) is 13.0 Å². The van der Waals surface area contributed by atoms with Crippen molar-refractivity contribution in [3.8, 4) is 0 Å². The maximum atomic E-state index is 12.5. The number of aromatic amines is 1. The first-order valence-electron chi connectivity index (χ1n) is 8.37. The third-order valence-electron chi connectivity index (χ3n) is 4.57. The van der Waals surface area contributed by atoms with Crippen LogP contribution in [0.3, 0.4) is 0 Å². The molecule has 0 spiro atoms. The quantitative estimate of drug-likeness (QED) is 0.691. The van der Waals surface area contributed by atoms with E-state index in [1.54, 1.807) is 4.90 Å². The molecule has 1 aliphatic heterocycles. The number of nitrogens with one attached hydrogen (secondary N) is 2. The minimum atomic E-state index is -0.367. The molecule has 3 aromatic rings. The molecule has 4 rings (SSSR count). The monoisotopic (exact) mass is 412 g/mol. The zero-order valence-electron chi connectivity index (χ0n) is 13.9. The number of aromatic nitrogens is 2. The summed E-state index contributed by atoms with van der Waals surface area (Å²) in [5, 5.41) is 11.0. The predicted octanol–water partition coefficient (Wildman–Crippen LogP) is 2.99. The third kappa shape index (κ3) is 3.22. The van der Waals surface area contributed by atoms with E-state index in [-0.39, 0.29) is 24.2 Å². The fraction of sp³-hybridized carbons (Fsp3) is 0.211. The molecule has 2 heterocycles. The summed E-state index contributed by atoms with van der Waals surface area (Å²) in [6.45, 7) is 0.805. The summed E-state index contributed by atoms with van der Waals surface area (Å²) in [5.74, 6) is 0.0257. The fourth-order valence-electron chi connectivity index (χ4n) is 3.20. The maximum absolute atomic E-state index is 12.5. The zero-order valence-corrected chi connectivity index (χ0v) is 15.5. The normalized spacial score (nSPS) is 17.0. The predicted molar refractivity (Wildman–Crippen MR) is 103 cm³/mol. The molecule has 1 atom stereocenters. The van der Waals surface area contributed by atoms with Gasteiger partial charge >= 0.3 is 0 Å². The van der Waals surface area contributed by atoms with Crippen molar-refractivity contribution in [2.24, 2.45) is 5.92 Å². The molecule has 1 aliphatic rings. The number of nitrogens with zero attached hydrogens (tertiary/aromatic N) is 2. The van der Waals surface area contributed by atoms with Gasteiger partial charge in [-0.15, -0.1) is 0 Å². The molecule has 0 radical (unpaired) electrons. The molecule has 0 saturated carbocycles. The summed E-state index contributed by atoms with van der Waals surface area (Å²) in [7, 11) is 0. The SMILES string of the molecule is O=C(NCc1ccccc1)[C@@H]1CC(=O)N(c2n[nH]c3cc(Br)ccc23)C1. The number of halogens is 1. The largest absolute Gasteiger partial charge is 0.352 e. The summed E-state index contributed by atoms with van der Waals surface area (Å²) in [6, 6.07) is 15.5. The van der Waals surface area contributed by atoms with Crippen LogP contribution in [0, 0.1) is 5.92 Å². The molecule has 1 saturated heterocycles. The lowest BCUT2D eigenvalue weighted by molar-refractivity contribution is -0.126. The number of amides is 2. The van der Waals surface area contributed by atoms with Crippen molar-refractivity contribution in [3.05, 3.63) is 58.6 Å². The number of carbonyl (C=O) groups excluding carboxylic acids is 2. The van der Waals surface area contributed by atoms with Gasteiger partial charge in [0, 0.05) is 29.4 Å². The van der Waals surface area contributed by atoms with Crippen molar-refractivity contribution in [1.29, 1.82) is 0 Å². The van der Waals surface area contributed by atoms with E-state index < -0.39 is 0 Å². The second-order valence-electron chi connectivity index (χ2n) is 6.35. The average Bonchev–Trinajstić information content (AvgIpc) is 3.23. The Morgan fingerprint density at radius 3 is 2.88 bits per heavy atom. The summed E-state index contributed by atoms with van der Waals surface area (Å²) in [4.78, 5) is 26.5. The van der Waals surface area contributed by atoms with E-state index in [9.17, 15) is 9.59 Å². The Balaban J connectivity index is 1.47. The molecule has 7 heteroatoms. The van der Waals surface area contributed by atoms with Gasteiger partial charge in [-0.25, -0.2) is 0 Å². The third-order valence-corrected chi connectivity index (χ3v) is 5.06. The van der Waals surface area contributed by atoms with E-state index in [4.69, 9.17) is 0 Å². The van der Waals surface area contributed by atoms with Crippen molar-refractivity contribution >= 4 is 44.5 Å². The first kappa shape index (κ1) is 16.8. The molecular weight excluding hydrogens is 396 g/mol. The smallest absolute Gasteiger partial charge is 0.229 e. The highest BCUT2D eigenvalue weighted by Gasteiger charge is 2.36. The molecule has 6 nitrogen and oxygen atoms in total. The van der Waals surface area contributed by atoms with Crippen LogP contribution in [-0.4, -0.2) is 28.6 Å². The Morgan fingerprint density at radius 1 is 1.27 bits per heavy atom. The highest BCUT2D eigenvalue weighted by Crippen LogP contribution is 2.31. The van der Waals surface area contributed by atoms with Gasteiger partial charge in [0.15, 0.2) is 5.82 Å². The van der Waals surface area contributed by atoms with Crippen molar-refractivity contribution < 1.29 is 9.59 Å². The van der Waals surface area contributed by atoms with Gasteiger partial charge in [0.2, 0.25) is 11.8 Å². The number of rotatable bonds is 4. The van der Waals surface area contributed by atoms with Crippen LogP contribution in [0.2, 0.25) is 0 Å². The van der Waals surface area contributed by atoms with Crippen LogP contribution < -0.4 is 10.2 Å². The minimum Gasteiger partial charge on any atom is -0.352 e. The second-order valence-corrected chi connectivity index (χ2v) is 7.26. The van der Waals surface area contributed by atoms with Gasteiger partial charge < -0.3 is 5.32 Å². The van der Waals surface area contributed by atoms with E-state index in [1.807, 2.05) is 48.5 Å². The Labute approximate surface area is 158 Å². The summed E-state index contributed by atoms with van der Waals surface area (Å²) in [5.41, 5.74) is 1.88. The van der Waals surface area contributed by atoms with E-state index in [0.717, 1.165) is 20.9 Å². The highest BCUT2D eigenvalue weighted by molar-refractivity contribution is 9.10. The average molecular weight is 413 g/mol. The number of H-pyrrole nitrogens is 1. The van der Waals surface area contributed by atoms with Gasteiger partial charge in [-0.3, -0.25) is 19.6 Å². The number of benzene rings is 2. The lowest BCUT2D eigenvalue weighted by Gasteiger charge is -2.14. The van der Waals surface area contributed by atoms with Crippen molar-refractivity contribution in [2.75, 3.05) is 11.4 Å². The van der Waals surface area contributed by atoms with Crippen LogP contribution in [0.5, 0.6) is 0 Å². The number of fused-ring (bicyclic) bond motifs is 1. The fourth-order valence-corrected chi connectivity index (χ4v) is 3.56. The van der Waals surface area contributed by atoms with E-state index >= 15 is 0 Å². The Morgan fingerprint density at radius 2 is 2.08 bits per heavy atom. The number of hydrogen-bond donors (Lipinski definition) is 2. The molecule has 1 aromatic heterocycles. The van der Waals surface area contributed by atoms with Gasteiger partial charge in [0.05, 0.1) is 11.4 Å². The van der Waals surface area contributed by atoms with Crippen molar-refractivity contribution in [3.63, 3.8) is 0 Å². The topological polar surface area (TPSA) is 78.1 Å². The molecule has 2 N–H and O–H groups in total. The molecule has 1 fully saturated rings. The molecule has 132 valence electrons. The molecule has 0 bridgehead atoms. The summed E-state index contributed by atoms with van der Waals surface area (Å²) < 4.78 is 0.936. The first-order chi connectivity index (χ1) is 12.6.